The molecular formula is C10H19NS. The number of thioether (sulfide) groups is 1. The summed E-state index contributed by atoms with van der Waals surface area (Å²) in [4.78, 5) is 0. The molecule has 0 aliphatic carbocycles. The van der Waals surface area contributed by atoms with Crippen molar-refractivity contribution in [1.29, 1.82) is 0 Å². The van der Waals surface area contributed by atoms with Crippen LogP contribution in [0, 0.1) is 0 Å². The highest BCUT2D eigenvalue weighted by molar-refractivity contribution is 8.03. The second kappa shape index (κ2) is 5.65. The van der Waals surface area contributed by atoms with Crippen LogP contribution in [0.15, 0.2) is 11.5 Å². The molecule has 2 unspecified atom stereocenters. The standard InChI is InChI=1S/C10H19NS/c1-3-5-10-9(6-8-12-10)11-7-4-2/h6,8-11H,3-5,7H2,1-2H3. The lowest BCUT2D eigenvalue weighted by Gasteiger charge is -2.18. The lowest BCUT2D eigenvalue weighted by molar-refractivity contribution is 0.549. The molecule has 2 atom stereocenters. The van der Waals surface area contributed by atoms with E-state index in [-0.39, 0.29) is 0 Å². The monoisotopic (exact) mass is 185 g/mol. The maximum absolute atomic E-state index is 3.56. The van der Waals surface area contributed by atoms with E-state index in [0.717, 1.165) is 11.8 Å². The number of nitrogens with one attached hydrogen (secondary N) is 1. The van der Waals surface area contributed by atoms with Crippen LogP contribution in [0.5, 0.6) is 0 Å². The summed E-state index contributed by atoms with van der Waals surface area (Å²) in [6.45, 7) is 5.62. The van der Waals surface area contributed by atoms with Crippen molar-refractivity contribution in [2.75, 3.05) is 6.54 Å². The normalized spacial score (nSPS) is 28.2. The van der Waals surface area contributed by atoms with Crippen molar-refractivity contribution in [2.45, 2.75) is 44.4 Å². The van der Waals surface area contributed by atoms with Crippen molar-refractivity contribution in [1.82, 2.24) is 5.32 Å². The van der Waals surface area contributed by atoms with Gasteiger partial charge in [0, 0.05) is 11.3 Å². The minimum absolute atomic E-state index is 0.634. The van der Waals surface area contributed by atoms with Crippen molar-refractivity contribution in [3.8, 4) is 0 Å². The average Bonchev–Trinajstić information content (AvgIpc) is 2.50. The smallest absolute Gasteiger partial charge is 0.0381 e. The zero-order chi connectivity index (χ0) is 8.81. The lowest BCUT2D eigenvalue weighted by atomic mass is 10.1. The summed E-state index contributed by atoms with van der Waals surface area (Å²) < 4.78 is 0. The first-order chi connectivity index (χ1) is 5.88. The summed E-state index contributed by atoms with van der Waals surface area (Å²) in [6, 6.07) is 0.634. The van der Waals surface area contributed by atoms with Crippen LogP contribution in [-0.4, -0.2) is 17.8 Å². The summed E-state index contributed by atoms with van der Waals surface area (Å²) >= 11 is 1.98. The summed E-state index contributed by atoms with van der Waals surface area (Å²) in [5, 5.41) is 6.60. The van der Waals surface area contributed by atoms with Gasteiger partial charge in [-0.15, -0.1) is 11.8 Å². The fourth-order valence-corrected chi connectivity index (χ4v) is 2.67. The minimum Gasteiger partial charge on any atom is -0.309 e. The highest BCUT2D eigenvalue weighted by Crippen LogP contribution is 2.28. The zero-order valence-electron chi connectivity index (χ0n) is 8.05. The predicted molar refractivity (Wildman–Crippen MR) is 57.5 cm³/mol. The van der Waals surface area contributed by atoms with E-state index in [1.165, 1.54) is 19.3 Å². The van der Waals surface area contributed by atoms with Crippen LogP contribution in [-0.2, 0) is 0 Å². The summed E-state index contributed by atoms with van der Waals surface area (Å²) in [5.41, 5.74) is 0. The van der Waals surface area contributed by atoms with Crippen LogP contribution in [0.2, 0.25) is 0 Å². The number of hydrogen-bond acceptors (Lipinski definition) is 2. The highest BCUT2D eigenvalue weighted by Gasteiger charge is 2.21. The Kier molecular flexibility index (Phi) is 4.77. The Morgan fingerprint density at radius 3 is 2.83 bits per heavy atom. The van der Waals surface area contributed by atoms with Gasteiger partial charge in [0.1, 0.15) is 0 Å². The van der Waals surface area contributed by atoms with E-state index in [9.17, 15) is 0 Å². The van der Waals surface area contributed by atoms with Gasteiger partial charge in [-0.25, -0.2) is 0 Å². The van der Waals surface area contributed by atoms with Crippen LogP contribution in [0.25, 0.3) is 0 Å². The van der Waals surface area contributed by atoms with E-state index in [4.69, 9.17) is 0 Å². The van der Waals surface area contributed by atoms with Crippen molar-refractivity contribution >= 4 is 11.8 Å². The first-order valence-electron chi connectivity index (χ1n) is 4.94. The molecule has 0 aromatic heterocycles. The molecule has 1 N–H and O–H groups in total. The van der Waals surface area contributed by atoms with Crippen LogP contribution >= 0.6 is 11.8 Å². The van der Waals surface area contributed by atoms with E-state index in [0.29, 0.717) is 6.04 Å². The van der Waals surface area contributed by atoms with Gasteiger partial charge in [0.2, 0.25) is 0 Å². The number of hydrogen-bond donors (Lipinski definition) is 1. The Balaban J connectivity index is 2.24. The minimum atomic E-state index is 0.634. The molecule has 1 nitrogen and oxygen atoms in total. The van der Waals surface area contributed by atoms with Gasteiger partial charge in [0.05, 0.1) is 0 Å². The maximum Gasteiger partial charge on any atom is 0.0381 e. The SMILES string of the molecule is CCCNC1C=CSC1CCC. The van der Waals surface area contributed by atoms with Gasteiger partial charge < -0.3 is 5.32 Å². The molecule has 2 heteroatoms. The summed E-state index contributed by atoms with van der Waals surface area (Å²) in [7, 11) is 0. The second-order valence-corrected chi connectivity index (χ2v) is 4.42. The van der Waals surface area contributed by atoms with E-state index in [2.05, 4.69) is 30.6 Å². The molecule has 1 aliphatic rings. The van der Waals surface area contributed by atoms with Gasteiger partial charge in [-0.1, -0.05) is 26.3 Å². The van der Waals surface area contributed by atoms with Crippen LogP contribution in [0.1, 0.15) is 33.1 Å². The van der Waals surface area contributed by atoms with E-state index >= 15 is 0 Å². The van der Waals surface area contributed by atoms with E-state index in [1.807, 2.05) is 11.8 Å². The molecule has 1 heterocycles. The third kappa shape index (κ3) is 2.83. The van der Waals surface area contributed by atoms with Gasteiger partial charge >= 0.3 is 0 Å². The molecule has 0 aromatic rings. The lowest BCUT2D eigenvalue weighted by Crippen LogP contribution is -2.34. The fraction of sp³-hybridized carbons (Fsp3) is 0.800. The Morgan fingerprint density at radius 1 is 1.33 bits per heavy atom. The van der Waals surface area contributed by atoms with Crippen molar-refractivity contribution in [2.24, 2.45) is 0 Å². The quantitative estimate of drug-likeness (QED) is 0.707. The number of rotatable bonds is 5. The average molecular weight is 185 g/mol. The van der Waals surface area contributed by atoms with Gasteiger partial charge in [-0.2, -0.15) is 0 Å². The Morgan fingerprint density at radius 2 is 2.17 bits per heavy atom. The van der Waals surface area contributed by atoms with Gasteiger partial charge in [-0.05, 0) is 24.8 Å². The van der Waals surface area contributed by atoms with Gasteiger partial charge in [0.15, 0.2) is 0 Å². The molecule has 70 valence electrons. The van der Waals surface area contributed by atoms with Gasteiger partial charge in [-0.3, -0.25) is 0 Å². The summed E-state index contributed by atoms with van der Waals surface area (Å²) in [5.74, 6) is 0. The molecule has 0 aromatic carbocycles. The molecular weight excluding hydrogens is 166 g/mol. The highest BCUT2D eigenvalue weighted by atomic mass is 32.2. The zero-order valence-corrected chi connectivity index (χ0v) is 8.86. The maximum atomic E-state index is 3.56. The molecule has 0 bridgehead atoms. The molecule has 0 fully saturated rings. The van der Waals surface area contributed by atoms with Crippen LogP contribution < -0.4 is 5.32 Å². The van der Waals surface area contributed by atoms with Crippen molar-refractivity contribution in [3.63, 3.8) is 0 Å². The van der Waals surface area contributed by atoms with Crippen LogP contribution in [0.4, 0.5) is 0 Å². The molecule has 0 saturated carbocycles. The topological polar surface area (TPSA) is 12.0 Å². The van der Waals surface area contributed by atoms with E-state index < -0.39 is 0 Å². The summed E-state index contributed by atoms with van der Waals surface area (Å²) in [6.07, 6.45) is 6.16. The Bertz CT molecular complexity index is 145. The molecule has 0 amide bonds. The van der Waals surface area contributed by atoms with E-state index in [1.54, 1.807) is 0 Å². The van der Waals surface area contributed by atoms with Crippen molar-refractivity contribution in [3.05, 3.63) is 11.5 Å². The fourth-order valence-electron chi connectivity index (χ4n) is 1.48. The molecule has 0 saturated heterocycles. The molecule has 1 aliphatic heterocycles. The molecule has 0 spiro atoms. The van der Waals surface area contributed by atoms with Crippen LogP contribution in [0.3, 0.4) is 0 Å². The second-order valence-electron chi connectivity index (χ2n) is 3.27. The molecule has 0 radical (unpaired) electrons. The molecule has 1 rings (SSSR count). The van der Waals surface area contributed by atoms with Crippen molar-refractivity contribution < 1.29 is 0 Å². The van der Waals surface area contributed by atoms with Gasteiger partial charge in [0.25, 0.3) is 0 Å². The predicted octanol–water partition coefficient (Wildman–Crippen LogP) is 2.78. The first kappa shape index (κ1) is 10.1. The Labute approximate surface area is 80.0 Å². The molecule has 12 heavy (non-hydrogen) atoms. The third-order valence-electron chi connectivity index (χ3n) is 2.14. The first-order valence-corrected chi connectivity index (χ1v) is 5.88. The Hall–Kier alpha value is 0.0500. The largest absolute Gasteiger partial charge is 0.309 e. The third-order valence-corrected chi connectivity index (χ3v) is 3.34.